The lowest BCUT2D eigenvalue weighted by Crippen LogP contribution is -2.29. The van der Waals surface area contributed by atoms with Crippen molar-refractivity contribution in [2.45, 2.75) is 13.0 Å². The highest BCUT2D eigenvalue weighted by atomic mass is 16.2. The van der Waals surface area contributed by atoms with Gasteiger partial charge in [0.2, 0.25) is 0 Å². The van der Waals surface area contributed by atoms with Gasteiger partial charge in [-0.25, -0.2) is 0 Å². The number of H-pyrrole nitrogens is 1. The number of nitrogens with one attached hydrogen (secondary N) is 2. The van der Waals surface area contributed by atoms with Crippen LogP contribution in [0.4, 0.5) is 0 Å². The number of Topliss-reactive ketones (excluding diaryl/α,β-unsaturated/α-hetero) is 1. The molecule has 0 saturated heterocycles. The van der Waals surface area contributed by atoms with Crippen molar-refractivity contribution in [3.05, 3.63) is 95.3 Å². The molecule has 0 unspecified atom stereocenters. The molecule has 2 aromatic carbocycles. The molecule has 24 heavy (non-hydrogen) atoms. The van der Waals surface area contributed by atoms with Crippen LogP contribution in [0.5, 0.6) is 0 Å². The summed E-state index contributed by atoms with van der Waals surface area (Å²) >= 11 is 0. The first-order valence-corrected chi connectivity index (χ1v) is 7.75. The zero-order valence-corrected chi connectivity index (χ0v) is 13.3. The molecule has 0 fully saturated rings. The van der Waals surface area contributed by atoms with Gasteiger partial charge in [-0.05, 0) is 24.1 Å². The summed E-state index contributed by atoms with van der Waals surface area (Å²) in [6, 6.07) is 20.9. The van der Waals surface area contributed by atoms with Gasteiger partial charge in [0.05, 0.1) is 6.04 Å². The average molecular weight is 318 g/mol. The van der Waals surface area contributed by atoms with Crippen LogP contribution < -0.4 is 5.32 Å². The molecule has 120 valence electrons. The van der Waals surface area contributed by atoms with Crippen LogP contribution in [0.1, 0.15) is 44.9 Å². The lowest BCUT2D eigenvalue weighted by Gasteiger charge is -2.19. The molecule has 4 heteroatoms. The largest absolute Gasteiger partial charge is 0.356 e. The second-order valence-electron chi connectivity index (χ2n) is 5.59. The van der Waals surface area contributed by atoms with E-state index in [1.807, 2.05) is 60.7 Å². The first-order chi connectivity index (χ1) is 11.6. The fourth-order valence-electron chi connectivity index (χ4n) is 2.59. The highest BCUT2D eigenvalue weighted by molar-refractivity contribution is 5.99. The van der Waals surface area contributed by atoms with Gasteiger partial charge in [-0.15, -0.1) is 0 Å². The van der Waals surface area contributed by atoms with Crippen molar-refractivity contribution in [2.75, 3.05) is 0 Å². The van der Waals surface area contributed by atoms with E-state index in [2.05, 4.69) is 10.3 Å². The van der Waals surface area contributed by atoms with Crippen molar-refractivity contribution in [1.29, 1.82) is 0 Å². The summed E-state index contributed by atoms with van der Waals surface area (Å²) < 4.78 is 0. The maximum atomic E-state index is 12.6. The molecule has 0 aliphatic rings. The number of ketones is 1. The molecule has 0 aliphatic carbocycles. The number of amides is 1. The topological polar surface area (TPSA) is 62.0 Å². The van der Waals surface area contributed by atoms with Crippen LogP contribution in [0, 0.1) is 0 Å². The molecule has 0 aliphatic heterocycles. The molecule has 1 amide bonds. The van der Waals surface area contributed by atoms with E-state index in [9.17, 15) is 9.59 Å². The van der Waals surface area contributed by atoms with Gasteiger partial charge in [0, 0.05) is 11.8 Å². The van der Waals surface area contributed by atoms with E-state index in [1.54, 1.807) is 12.3 Å². The lowest BCUT2D eigenvalue weighted by atomic mass is 9.98. The molecule has 3 aromatic rings. The van der Waals surface area contributed by atoms with Crippen LogP contribution in [-0.4, -0.2) is 16.7 Å². The molecule has 0 radical (unpaired) electrons. The molecule has 3 rings (SSSR count). The van der Waals surface area contributed by atoms with Crippen LogP contribution >= 0.6 is 0 Å². The predicted molar refractivity (Wildman–Crippen MR) is 93.0 cm³/mol. The number of aromatic nitrogens is 1. The quantitative estimate of drug-likeness (QED) is 0.704. The van der Waals surface area contributed by atoms with E-state index >= 15 is 0 Å². The van der Waals surface area contributed by atoms with Crippen molar-refractivity contribution in [2.24, 2.45) is 0 Å². The zero-order chi connectivity index (χ0) is 16.9. The van der Waals surface area contributed by atoms with E-state index < -0.39 is 0 Å². The highest BCUT2D eigenvalue weighted by Crippen LogP contribution is 2.22. The Morgan fingerprint density at radius 3 is 1.92 bits per heavy atom. The minimum Gasteiger partial charge on any atom is -0.356 e. The van der Waals surface area contributed by atoms with Crippen molar-refractivity contribution in [3.63, 3.8) is 0 Å². The van der Waals surface area contributed by atoms with Gasteiger partial charge < -0.3 is 10.3 Å². The number of hydrogen-bond acceptors (Lipinski definition) is 2. The Bertz CT molecular complexity index is 799. The van der Waals surface area contributed by atoms with Crippen LogP contribution in [0.3, 0.4) is 0 Å². The van der Waals surface area contributed by atoms with Gasteiger partial charge in [-0.3, -0.25) is 9.59 Å². The highest BCUT2D eigenvalue weighted by Gasteiger charge is 2.19. The molecule has 0 bridgehead atoms. The monoisotopic (exact) mass is 318 g/mol. The van der Waals surface area contributed by atoms with Gasteiger partial charge in [0.15, 0.2) is 5.78 Å². The number of benzene rings is 2. The van der Waals surface area contributed by atoms with Gasteiger partial charge in [-0.2, -0.15) is 0 Å². The fraction of sp³-hybridized carbons (Fsp3) is 0.100. The summed E-state index contributed by atoms with van der Waals surface area (Å²) in [7, 11) is 0. The number of aromatic amines is 1. The minimum atomic E-state index is -0.260. The molecule has 0 saturated carbocycles. The molecule has 1 heterocycles. The third kappa shape index (κ3) is 3.43. The smallest absolute Gasteiger partial charge is 0.268 e. The van der Waals surface area contributed by atoms with Crippen LogP contribution in [-0.2, 0) is 0 Å². The van der Waals surface area contributed by atoms with Gasteiger partial charge in [0.1, 0.15) is 5.69 Å². The van der Waals surface area contributed by atoms with Crippen molar-refractivity contribution >= 4 is 11.7 Å². The van der Waals surface area contributed by atoms with E-state index in [1.165, 1.54) is 6.92 Å². The lowest BCUT2D eigenvalue weighted by molar-refractivity contribution is 0.0938. The standard InChI is InChI=1S/C20H18N2O2/c1-14(23)17-12-18(21-13-17)20(24)22-19(15-8-4-2-5-9-15)16-10-6-3-7-11-16/h2-13,19,21H,1H3,(H,22,24). The van der Waals surface area contributed by atoms with Crippen molar-refractivity contribution in [3.8, 4) is 0 Å². The van der Waals surface area contributed by atoms with Gasteiger partial charge >= 0.3 is 0 Å². The SMILES string of the molecule is CC(=O)c1c[nH]c(C(=O)NC(c2ccccc2)c2ccccc2)c1. The van der Waals surface area contributed by atoms with Crippen molar-refractivity contribution < 1.29 is 9.59 Å². The van der Waals surface area contributed by atoms with Crippen molar-refractivity contribution in [1.82, 2.24) is 10.3 Å². The van der Waals surface area contributed by atoms with Crippen LogP contribution in [0.2, 0.25) is 0 Å². The van der Waals surface area contributed by atoms with Crippen LogP contribution in [0.15, 0.2) is 72.9 Å². The van der Waals surface area contributed by atoms with E-state index in [-0.39, 0.29) is 17.7 Å². The number of carbonyl (C=O) groups excluding carboxylic acids is 2. The summed E-state index contributed by atoms with van der Waals surface area (Å²) in [4.78, 5) is 26.8. The fourth-order valence-corrected chi connectivity index (χ4v) is 2.59. The van der Waals surface area contributed by atoms with E-state index in [4.69, 9.17) is 0 Å². The summed E-state index contributed by atoms with van der Waals surface area (Å²) in [5, 5.41) is 3.04. The van der Waals surface area contributed by atoms with Crippen LogP contribution in [0.25, 0.3) is 0 Å². The first-order valence-electron chi connectivity index (χ1n) is 7.75. The molecular weight excluding hydrogens is 300 g/mol. The van der Waals surface area contributed by atoms with Gasteiger partial charge in [-0.1, -0.05) is 60.7 Å². The third-order valence-electron chi connectivity index (χ3n) is 3.88. The Kier molecular flexibility index (Phi) is 4.57. The molecule has 1 aromatic heterocycles. The molecule has 0 spiro atoms. The summed E-state index contributed by atoms with van der Waals surface area (Å²) in [5.74, 6) is -0.326. The number of hydrogen-bond donors (Lipinski definition) is 2. The average Bonchev–Trinajstić information content (AvgIpc) is 3.11. The van der Waals surface area contributed by atoms with Gasteiger partial charge in [0.25, 0.3) is 5.91 Å². The normalized spacial score (nSPS) is 10.6. The minimum absolute atomic E-state index is 0.0760. The molecule has 2 N–H and O–H groups in total. The Hall–Kier alpha value is -3.14. The first kappa shape index (κ1) is 15.7. The third-order valence-corrected chi connectivity index (χ3v) is 3.88. The summed E-state index contributed by atoms with van der Waals surface area (Å²) in [6.45, 7) is 1.47. The number of carbonyl (C=O) groups is 2. The summed E-state index contributed by atoms with van der Waals surface area (Å²) in [5.41, 5.74) is 2.86. The zero-order valence-electron chi connectivity index (χ0n) is 13.3. The predicted octanol–water partition coefficient (Wildman–Crippen LogP) is 3.74. The number of rotatable bonds is 5. The Labute approximate surface area is 140 Å². The molecule has 4 nitrogen and oxygen atoms in total. The summed E-state index contributed by atoms with van der Waals surface area (Å²) in [6.07, 6.45) is 1.55. The van der Waals surface area contributed by atoms with E-state index in [0.29, 0.717) is 11.3 Å². The molecular formula is C20H18N2O2. The Morgan fingerprint density at radius 1 is 0.917 bits per heavy atom. The molecule has 0 atom stereocenters. The maximum absolute atomic E-state index is 12.6. The Morgan fingerprint density at radius 2 is 1.46 bits per heavy atom. The maximum Gasteiger partial charge on any atom is 0.268 e. The second-order valence-corrected chi connectivity index (χ2v) is 5.59. The second kappa shape index (κ2) is 6.96. The Balaban J connectivity index is 1.89. The van der Waals surface area contributed by atoms with E-state index in [0.717, 1.165) is 11.1 Å².